The summed E-state index contributed by atoms with van der Waals surface area (Å²) in [6.45, 7) is 0.783. The zero-order valence-corrected chi connectivity index (χ0v) is 11.7. The summed E-state index contributed by atoms with van der Waals surface area (Å²) in [6.07, 6.45) is 6.12. The van der Waals surface area contributed by atoms with E-state index in [9.17, 15) is 5.11 Å². The van der Waals surface area contributed by atoms with Gasteiger partial charge in [-0.25, -0.2) is 0 Å². The standard InChI is InChI=1S/C17H17N3O/c21-11-15-9-19-20(17(15)13-5-6-13)10-12-7-14-3-1-2-4-16(14)18-8-12/h1-4,7-9,13,21H,5-6,10-11H2. The topological polar surface area (TPSA) is 50.9 Å². The van der Waals surface area contributed by atoms with Crippen molar-refractivity contribution in [2.24, 2.45) is 0 Å². The van der Waals surface area contributed by atoms with Gasteiger partial charge in [0.05, 0.1) is 24.9 Å². The normalized spacial score (nSPS) is 14.7. The van der Waals surface area contributed by atoms with E-state index in [0.717, 1.165) is 22.0 Å². The molecule has 21 heavy (non-hydrogen) atoms. The second-order valence-electron chi connectivity index (χ2n) is 5.68. The van der Waals surface area contributed by atoms with Crippen LogP contribution in [0.4, 0.5) is 0 Å². The maximum Gasteiger partial charge on any atom is 0.0715 e. The summed E-state index contributed by atoms with van der Waals surface area (Å²) in [5, 5.41) is 15.1. The van der Waals surface area contributed by atoms with E-state index in [-0.39, 0.29) is 6.61 Å². The van der Waals surface area contributed by atoms with E-state index in [1.54, 1.807) is 6.20 Å². The number of rotatable bonds is 4. The van der Waals surface area contributed by atoms with Crippen molar-refractivity contribution in [3.8, 4) is 0 Å². The first-order valence-electron chi connectivity index (χ1n) is 7.34. The van der Waals surface area contributed by atoms with Gasteiger partial charge in [0.2, 0.25) is 0 Å². The fourth-order valence-electron chi connectivity index (χ4n) is 2.89. The van der Waals surface area contributed by atoms with Gasteiger partial charge in [0.25, 0.3) is 0 Å². The molecule has 1 aliphatic rings. The Labute approximate surface area is 123 Å². The van der Waals surface area contributed by atoms with Crippen LogP contribution < -0.4 is 0 Å². The van der Waals surface area contributed by atoms with Gasteiger partial charge in [0.15, 0.2) is 0 Å². The zero-order valence-electron chi connectivity index (χ0n) is 11.7. The van der Waals surface area contributed by atoms with E-state index in [1.165, 1.54) is 18.5 Å². The van der Waals surface area contributed by atoms with Crippen LogP contribution in [-0.2, 0) is 13.2 Å². The van der Waals surface area contributed by atoms with Crippen molar-refractivity contribution in [1.29, 1.82) is 0 Å². The molecule has 1 saturated carbocycles. The molecule has 4 rings (SSSR count). The van der Waals surface area contributed by atoms with Crippen LogP contribution in [0.3, 0.4) is 0 Å². The fraction of sp³-hybridized carbons (Fsp3) is 0.294. The maximum absolute atomic E-state index is 9.45. The predicted octanol–water partition coefficient (Wildman–Crippen LogP) is 2.85. The minimum atomic E-state index is 0.0712. The number of aliphatic hydroxyl groups is 1. The molecule has 1 N–H and O–H groups in total. The molecular formula is C17H17N3O. The van der Waals surface area contributed by atoms with Crippen LogP contribution in [0.5, 0.6) is 0 Å². The third kappa shape index (κ3) is 2.32. The Morgan fingerprint density at radius 1 is 1.19 bits per heavy atom. The lowest BCUT2D eigenvalue weighted by Crippen LogP contribution is -2.07. The Bertz CT molecular complexity index is 790. The number of pyridine rings is 1. The largest absolute Gasteiger partial charge is 0.392 e. The van der Waals surface area contributed by atoms with Gasteiger partial charge in [-0.15, -0.1) is 0 Å². The van der Waals surface area contributed by atoms with E-state index in [0.29, 0.717) is 12.5 Å². The van der Waals surface area contributed by atoms with Gasteiger partial charge in [-0.2, -0.15) is 5.10 Å². The number of fused-ring (bicyclic) bond motifs is 1. The number of hydrogen-bond donors (Lipinski definition) is 1. The first-order chi connectivity index (χ1) is 10.3. The molecule has 0 aliphatic heterocycles. The molecule has 106 valence electrons. The molecule has 4 heteroatoms. The summed E-state index contributed by atoms with van der Waals surface area (Å²) in [4.78, 5) is 4.50. The highest BCUT2D eigenvalue weighted by Gasteiger charge is 2.29. The fourth-order valence-corrected chi connectivity index (χ4v) is 2.89. The second kappa shape index (κ2) is 4.97. The quantitative estimate of drug-likeness (QED) is 0.799. The molecule has 1 aromatic carbocycles. The molecule has 1 aliphatic carbocycles. The summed E-state index contributed by atoms with van der Waals surface area (Å²) in [5.74, 6) is 0.572. The summed E-state index contributed by atoms with van der Waals surface area (Å²) in [6, 6.07) is 10.3. The van der Waals surface area contributed by atoms with E-state index in [1.807, 2.05) is 29.1 Å². The first-order valence-corrected chi connectivity index (χ1v) is 7.34. The molecule has 2 aromatic heterocycles. The van der Waals surface area contributed by atoms with Crippen LogP contribution in [-0.4, -0.2) is 19.9 Å². The number of nitrogens with zero attached hydrogens (tertiary/aromatic N) is 3. The van der Waals surface area contributed by atoms with Gasteiger partial charge in [0.1, 0.15) is 0 Å². The minimum Gasteiger partial charge on any atom is -0.392 e. The highest BCUT2D eigenvalue weighted by molar-refractivity contribution is 5.78. The highest BCUT2D eigenvalue weighted by atomic mass is 16.3. The van der Waals surface area contributed by atoms with Gasteiger partial charge >= 0.3 is 0 Å². The average Bonchev–Trinajstić information content (AvgIpc) is 3.28. The number of hydrogen-bond acceptors (Lipinski definition) is 3. The number of aliphatic hydroxyl groups excluding tert-OH is 1. The van der Waals surface area contributed by atoms with Crippen molar-refractivity contribution in [1.82, 2.24) is 14.8 Å². The first kappa shape index (κ1) is 12.5. The number of benzene rings is 1. The van der Waals surface area contributed by atoms with Crippen molar-refractivity contribution in [3.05, 3.63) is 59.5 Å². The molecule has 0 saturated heterocycles. The molecule has 0 bridgehead atoms. The smallest absolute Gasteiger partial charge is 0.0715 e. The second-order valence-corrected chi connectivity index (χ2v) is 5.68. The Kier molecular flexibility index (Phi) is 2.97. The van der Waals surface area contributed by atoms with Crippen LogP contribution in [0.2, 0.25) is 0 Å². The van der Waals surface area contributed by atoms with Gasteiger partial charge in [-0.1, -0.05) is 18.2 Å². The van der Waals surface area contributed by atoms with Crippen LogP contribution >= 0.6 is 0 Å². The van der Waals surface area contributed by atoms with E-state index in [4.69, 9.17) is 0 Å². The molecule has 0 spiro atoms. The monoisotopic (exact) mass is 279 g/mol. The lowest BCUT2D eigenvalue weighted by atomic mass is 10.1. The Morgan fingerprint density at radius 3 is 2.86 bits per heavy atom. The molecule has 1 fully saturated rings. The number of para-hydroxylation sites is 1. The molecule has 4 nitrogen and oxygen atoms in total. The zero-order chi connectivity index (χ0) is 14.2. The third-order valence-corrected chi connectivity index (χ3v) is 4.07. The van der Waals surface area contributed by atoms with Crippen LogP contribution in [0, 0.1) is 0 Å². The summed E-state index contributed by atoms with van der Waals surface area (Å²) < 4.78 is 2.02. The van der Waals surface area contributed by atoms with Gasteiger partial charge in [0, 0.05) is 28.8 Å². The van der Waals surface area contributed by atoms with Gasteiger partial charge in [-0.3, -0.25) is 9.67 Å². The average molecular weight is 279 g/mol. The highest BCUT2D eigenvalue weighted by Crippen LogP contribution is 2.41. The molecular weight excluding hydrogens is 262 g/mol. The minimum absolute atomic E-state index is 0.0712. The Balaban J connectivity index is 1.69. The van der Waals surface area contributed by atoms with Gasteiger partial charge in [-0.05, 0) is 30.5 Å². The number of aromatic nitrogens is 3. The molecule has 0 radical (unpaired) electrons. The van der Waals surface area contributed by atoms with Crippen molar-refractivity contribution < 1.29 is 5.11 Å². The summed E-state index contributed by atoms with van der Waals surface area (Å²) >= 11 is 0. The van der Waals surface area contributed by atoms with Crippen molar-refractivity contribution in [2.45, 2.75) is 31.9 Å². The Hall–Kier alpha value is -2.20. The predicted molar refractivity (Wildman–Crippen MR) is 81.0 cm³/mol. The summed E-state index contributed by atoms with van der Waals surface area (Å²) in [5.41, 5.74) is 4.32. The van der Waals surface area contributed by atoms with Gasteiger partial charge < -0.3 is 5.11 Å². The lowest BCUT2D eigenvalue weighted by molar-refractivity contribution is 0.280. The molecule has 0 atom stereocenters. The summed E-state index contributed by atoms with van der Waals surface area (Å²) in [7, 11) is 0. The Morgan fingerprint density at radius 2 is 2.05 bits per heavy atom. The van der Waals surface area contributed by atoms with Crippen LogP contribution in [0.25, 0.3) is 10.9 Å². The molecule has 2 heterocycles. The SMILES string of the molecule is OCc1cnn(Cc2cnc3ccccc3c2)c1C1CC1. The molecule has 3 aromatic rings. The third-order valence-electron chi connectivity index (χ3n) is 4.07. The van der Waals surface area contributed by atoms with Crippen LogP contribution in [0.1, 0.15) is 35.6 Å². The molecule has 0 unspecified atom stereocenters. The maximum atomic E-state index is 9.45. The van der Waals surface area contributed by atoms with E-state index >= 15 is 0 Å². The lowest BCUT2D eigenvalue weighted by Gasteiger charge is -2.09. The van der Waals surface area contributed by atoms with Crippen LogP contribution in [0.15, 0.2) is 42.7 Å². The van der Waals surface area contributed by atoms with Crippen molar-refractivity contribution in [2.75, 3.05) is 0 Å². The van der Waals surface area contributed by atoms with E-state index < -0.39 is 0 Å². The van der Waals surface area contributed by atoms with E-state index in [2.05, 4.69) is 22.2 Å². The van der Waals surface area contributed by atoms with Crippen molar-refractivity contribution >= 4 is 10.9 Å². The van der Waals surface area contributed by atoms with Crippen molar-refractivity contribution in [3.63, 3.8) is 0 Å². The molecule has 0 amide bonds.